The van der Waals surface area contributed by atoms with Crippen LogP contribution in [-0.4, -0.2) is 15.9 Å². The predicted octanol–water partition coefficient (Wildman–Crippen LogP) is 3.74. The average molecular weight is 344 g/mol. The summed E-state index contributed by atoms with van der Waals surface area (Å²) in [6.07, 6.45) is 0.701. The lowest BCUT2D eigenvalue weighted by Gasteiger charge is -2.09. The lowest BCUT2D eigenvalue weighted by atomic mass is 10.1. The molecule has 0 aliphatic carbocycles. The normalized spacial score (nSPS) is 12.2. The Morgan fingerprint density at radius 3 is 2.83 bits per heavy atom. The topological polar surface area (TPSA) is 81.0 Å². The number of benzene rings is 2. The SMILES string of the molecule is NC(CCC(=O)OCc1ccccc1)c1nc2cc(Cl)ccc2[nH]1. The van der Waals surface area contributed by atoms with Crippen LogP contribution in [0.3, 0.4) is 0 Å². The summed E-state index contributed by atoms with van der Waals surface area (Å²) in [7, 11) is 0. The number of nitrogens with zero attached hydrogens (tertiary/aromatic N) is 1. The molecule has 1 aromatic heterocycles. The molecule has 3 aromatic rings. The van der Waals surface area contributed by atoms with Gasteiger partial charge in [0.15, 0.2) is 0 Å². The van der Waals surface area contributed by atoms with Gasteiger partial charge in [0.25, 0.3) is 0 Å². The molecule has 0 saturated heterocycles. The zero-order valence-corrected chi connectivity index (χ0v) is 13.8. The number of aromatic amines is 1. The molecule has 0 spiro atoms. The molecule has 24 heavy (non-hydrogen) atoms. The Balaban J connectivity index is 1.52. The Morgan fingerprint density at radius 1 is 1.25 bits per heavy atom. The van der Waals surface area contributed by atoms with Gasteiger partial charge in [-0.1, -0.05) is 41.9 Å². The van der Waals surface area contributed by atoms with Crippen LogP contribution < -0.4 is 5.73 Å². The van der Waals surface area contributed by atoms with E-state index in [4.69, 9.17) is 22.1 Å². The third kappa shape index (κ3) is 4.13. The molecule has 0 fully saturated rings. The minimum atomic E-state index is -0.361. The second kappa shape index (κ2) is 7.47. The van der Waals surface area contributed by atoms with Crippen molar-refractivity contribution in [3.8, 4) is 0 Å². The minimum Gasteiger partial charge on any atom is -0.461 e. The fourth-order valence-electron chi connectivity index (χ4n) is 2.39. The molecular weight excluding hydrogens is 326 g/mol. The summed E-state index contributed by atoms with van der Waals surface area (Å²) < 4.78 is 5.25. The van der Waals surface area contributed by atoms with Crippen molar-refractivity contribution >= 4 is 28.6 Å². The van der Waals surface area contributed by atoms with Gasteiger partial charge in [-0.15, -0.1) is 0 Å². The van der Waals surface area contributed by atoms with Crippen molar-refractivity contribution in [2.45, 2.75) is 25.5 Å². The van der Waals surface area contributed by atoms with Gasteiger partial charge in [0.1, 0.15) is 12.4 Å². The molecule has 124 valence electrons. The van der Waals surface area contributed by atoms with Crippen LogP contribution in [0.25, 0.3) is 11.0 Å². The fraction of sp³-hybridized carbons (Fsp3) is 0.222. The van der Waals surface area contributed by atoms with Crippen LogP contribution in [0, 0.1) is 0 Å². The highest BCUT2D eigenvalue weighted by Gasteiger charge is 2.14. The number of fused-ring (bicyclic) bond motifs is 1. The van der Waals surface area contributed by atoms with E-state index < -0.39 is 0 Å². The molecule has 0 amide bonds. The van der Waals surface area contributed by atoms with Gasteiger partial charge in [-0.3, -0.25) is 4.79 Å². The van der Waals surface area contributed by atoms with Gasteiger partial charge < -0.3 is 15.5 Å². The van der Waals surface area contributed by atoms with Gasteiger partial charge in [0.2, 0.25) is 0 Å². The number of hydrogen-bond donors (Lipinski definition) is 2. The Labute approximate surface area is 144 Å². The first-order valence-electron chi connectivity index (χ1n) is 7.72. The number of carbonyl (C=O) groups is 1. The maximum atomic E-state index is 11.8. The number of rotatable bonds is 6. The predicted molar refractivity (Wildman–Crippen MR) is 93.5 cm³/mol. The summed E-state index contributed by atoms with van der Waals surface area (Å²) in [4.78, 5) is 19.4. The summed E-state index contributed by atoms with van der Waals surface area (Å²) in [5, 5.41) is 0.624. The second-order valence-corrected chi connectivity index (χ2v) is 6.01. The first-order chi connectivity index (χ1) is 11.6. The molecule has 5 nitrogen and oxygen atoms in total. The highest BCUT2D eigenvalue weighted by atomic mass is 35.5. The Hall–Kier alpha value is -2.37. The number of imidazole rings is 1. The number of nitrogens with one attached hydrogen (secondary N) is 1. The van der Waals surface area contributed by atoms with E-state index in [1.807, 2.05) is 36.4 Å². The van der Waals surface area contributed by atoms with Crippen LogP contribution in [0.2, 0.25) is 5.02 Å². The van der Waals surface area contributed by atoms with Gasteiger partial charge >= 0.3 is 5.97 Å². The Kier molecular flexibility index (Phi) is 5.13. The van der Waals surface area contributed by atoms with E-state index in [1.54, 1.807) is 12.1 Å². The summed E-state index contributed by atoms with van der Waals surface area (Å²) in [5.41, 5.74) is 8.72. The summed E-state index contributed by atoms with van der Waals surface area (Å²) in [6, 6.07) is 14.6. The number of halogens is 1. The number of aromatic nitrogens is 2. The molecule has 6 heteroatoms. The zero-order valence-electron chi connectivity index (χ0n) is 13.0. The summed E-state index contributed by atoms with van der Waals surface area (Å²) >= 11 is 5.95. The van der Waals surface area contributed by atoms with E-state index in [1.165, 1.54) is 0 Å². The molecule has 3 N–H and O–H groups in total. The number of esters is 1. The maximum absolute atomic E-state index is 11.8. The molecule has 2 aromatic carbocycles. The van der Waals surface area contributed by atoms with E-state index in [9.17, 15) is 4.79 Å². The number of hydrogen-bond acceptors (Lipinski definition) is 4. The zero-order chi connectivity index (χ0) is 16.9. The molecule has 0 aliphatic rings. The van der Waals surface area contributed by atoms with E-state index in [0.717, 1.165) is 16.6 Å². The van der Waals surface area contributed by atoms with E-state index in [2.05, 4.69) is 9.97 Å². The molecule has 1 atom stereocenters. The monoisotopic (exact) mass is 343 g/mol. The lowest BCUT2D eigenvalue weighted by Crippen LogP contribution is -2.15. The van der Waals surface area contributed by atoms with Crippen LogP contribution in [-0.2, 0) is 16.1 Å². The molecule has 0 aliphatic heterocycles. The van der Waals surface area contributed by atoms with Crippen LogP contribution in [0.5, 0.6) is 0 Å². The third-order valence-electron chi connectivity index (χ3n) is 3.72. The number of H-pyrrole nitrogens is 1. The Bertz CT molecular complexity index is 833. The van der Waals surface area contributed by atoms with Crippen molar-refractivity contribution in [2.24, 2.45) is 5.73 Å². The van der Waals surface area contributed by atoms with Crippen LogP contribution >= 0.6 is 11.6 Å². The van der Waals surface area contributed by atoms with E-state index >= 15 is 0 Å². The first kappa shape index (κ1) is 16.5. The number of ether oxygens (including phenoxy) is 1. The van der Waals surface area contributed by atoms with Crippen molar-refractivity contribution in [3.05, 3.63) is 64.9 Å². The van der Waals surface area contributed by atoms with Crippen molar-refractivity contribution in [1.82, 2.24) is 9.97 Å². The summed E-state index contributed by atoms with van der Waals surface area (Å²) in [6.45, 7) is 0.276. The molecule has 0 saturated carbocycles. The van der Waals surface area contributed by atoms with Gasteiger partial charge in [-0.25, -0.2) is 4.98 Å². The highest BCUT2D eigenvalue weighted by molar-refractivity contribution is 6.31. The number of nitrogens with two attached hydrogens (primary N) is 1. The quantitative estimate of drug-likeness (QED) is 0.668. The second-order valence-electron chi connectivity index (χ2n) is 5.57. The highest BCUT2D eigenvalue weighted by Crippen LogP contribution is 2.21. The minimum absolute atomic E-state index is 0.242. The molecule has 3 rings (SSSR count). The van der Waals surface area contributed by atoms with Crippen LogP contribution in [0.15, 0.2) is 48.5 Å². The largest absolute Gasteiger partial charge is 0.461 e. The summed E-state index contributed by atoms with van der Waals surface area (Å²) in [5.74, 6) is 0.372. The van der Waals surface area contributed by atoms with Crippen LogP contribution in [0.1, 0.15) is 30.3 Å². The van der Waals surface area contributed by atoms with Gasteiger partial charge in [-0.05, 0) is 30.2 Å². The van der Waals surface area contributed by atoms with Crippen LogP contribution in [0.4, 0.5) is 0 Å². The van der Waals surface area contributed by atoms with Crippen molar-refractivity contribution < 1.29 is 9.53 Å². The van der Waals surface area contributed by atoms with Crippen molar-refractivity contribution in [1.29, 1.82) is 0 Å². The average Bonchev–Trinajstić information content (AvgIpc) is 3.02. The van der Waals surface area contributed by atoms with Crippen molar-refractivity contribution in [2.75, 3.05) is 0 Å². The maximum Gasteiger partial charge on any atom is 0.306 e. The molecule has 1 heterocycles. The molecule has 0 bridgehead atoms. The molecular formula is C18H18ClN3O2. The number of carbonyl (C=O) groups excluding carboxylic acids is 1. The Morgan fingerprint density at radius 2 is 2.04 bits per heavy atom. The van der Waals surface area contributed by atoms with Gasteiger partial charge in [0, 0.05) is 11.4 Å². The van der Waals surface area contributed by atoms with E-state index in [-0.39, 0.29) is 25.0 Å². The third-order valence-corrected chi connectivity index (χ3v) is 3.95. The lowest BCUT2D eigenvalue weighted by molar-refractivity contribution is -0.145. The van der Waals surface area contributed by atoms with Gasteiger partial charge in [-0.2, -0.15) is 0 Å². The fourth-order valence-corrected chi connectivity index (χ4v) is 2.56. The van der Waals surface area contributed by atoms with Crippen molar-refractivity contribution in [3.63, 3.8) is 0 Å². The van der Waals surface area contributed by atoms with Gasteiger partial charge in [0.05, 0.1) is 17.1 Å². The van der Waals surface area contributed by atoms with E-state index in [0.29, 0.717) is 17.3 Å². The molecule has 0 radical (unpaired) electrons. The first-order valence-corrected chi connectivity index (χ1v) is 8.10. The standard InChI is InChI=1S/C18H18ClN3O2/c19-13-6-8-15-16(10-13)22-18(21-15)14(20)7-9-17(23)24-11-12-4-2-1-3-5-12/h1-6,8,10,14H,7,9,11,20H2,(H,21,22). The molecule has 1 unspecified atom stereocenters. The smallest absolute Gasteiger partial charge is 0.306 e.